The number of benzene rings is 2. The molecule has 0 aliphatic rings. The summed E-state index contributed by atoms with van der Waals surface area (Å²) in [5.74, 6) is -0.201. The van der Waals surface area contributed by atoms with E-state index in [4.69, 9.17) is 27.9 Å². The number of halogens is 2. The van der Waals surface area contributed by atoms with Gasteiger partial charge in [0.1, 0.15) is 29.5 Å². The van der Waals surface area contributed by atoms with Crippen LogP contribution < -0.4 is 0 Å². The van der Waals surface area contributed by atoms with Crippen molar-refractivity contribution < 1.29 is 9.53 Å². The van der Waals surface area contributed by atoms with E-state index in [1.807, 2.05) is 18.2 Å². The number of rotatable bonds is 3. The Hall–Kier alpha value is -3.57. The number of ether oxygens (including phenoxy) is 1. The second-order valence-corrected chi connectivity index (χ2v) is 6.43. The summed E-state index contributed by atoms with van der Waals surface area (Å²) >= 11 is 12.6. The fourth-order valence-electron chi connectivity index (χ4n) is 2.79. The molecule has 0 saturated carbocycles. The fraction of sp³-hybridized carbons (Fsp3) is 0.105. The molecule has 3 aromatic rings. The average Bonchev–Trinajstić information content (AvgIpc) is 3.11. The quantitative estimate of drug-likeness (QED) is 0.654. The molecule has 3 rings (SSSR count). The molecule has 0 aliphatic heterocycles. The van der Waals surface area contributed by atoms with E-state index in [0.717, 1.165) is 0 Å². The van der Waals surface area contributed by atoms with Crippen molar-refractivity contribution in [2.75, 3.05) is 7.11 Å². The minimum atomic E-state index is -0.600. The monoisotopic (exact) mass is 409 g/mol. The van der Waals surface area contributed by atoms with E-state index in [0.29, 0.717) is 21.9 Å². The first-order valence-corrected chi connectivity index (χ1v) is 8.51. The van der Waals surface area contributed by atoms with Crippen molar-refractivity contribution in [3.8, 4) is 18.2 Å². The van der Waals surface area contributed by atoms with Crippen LogP contribution in [0.15, 0.2) is 18.2 Å². The molecule has 0 fully saturated rings. The van der Waals surface area contributed by atoms with Crippen molar-refractivity contribution in [3.63, 3.8) is 0 Å². The van der Waals surface area contributed by atoms with Crippen LogP contribution in [0, 0.1) is 34.0 Å². The van der Waals surface area contributed by atoms with Crippen LogP contribution in [-0.4, -0.2) is 23.0 Å². The number of nitriles is 3. The number of hydrogen-bond donors (Lipinski definition) is 1. The van der Waals surface area contributed by atoms with Crippen LogP contribution >= 0.6 is 23.2 Å². The van der Waals surface area contributed by atoms with Crippen LogP contribution in [0.3, 0.4) is 0 Å². The van der Waals surface area contributed by atoms with Gasteiger partial charge in [0.05, 0.1) is 39.9 Å². The van der Waals surface area contributed by atoms with E-state index < -0.39 is 5.97 Å². The Labute approximate surface area is 169 Å². The predicted molar refractivity (Wildman–Crippen MR) is 101 cm³/mol. The Kier molecular flexibility index (Phi) is 5.20. The highest BCUT2D eigenvalue weighted by molar-refractivity contribution is 6.38. The normalized spacial score (nSPS) is 10.1. The third kappa shape index (κ3) is 3.12. The van der Waals surface area contributed by atoms with Crippen LogP contribution in [0.25, 0.3) is 11.0 Å². The summed E-state index contributed by atoms with van der Waals surface area (Å²) in [4.78, 5) is 19.2. The Morgan fingerprint density at radius 3 is 2.50 bits per heavy atom. The highest BCUT2D eigenvalue weighted by Gasteiger charge is 2.20. The molecule has 0 unspecified atom stereocenters. The number of carbonyl (C=O) groups is 1. The first-order valence-electron chi connectivity index (χ1n) is 7.76. The van der Waals surface area contributed by atoms with Gasteiger partial charge in [-0.25, -0.2) is 9.78 Å². The van der Waals surface area contributed by atoms with Crippen LogP contribution in [0.1, 0.15) is 38.4 Å². The summed E-state index contributed by atoms with van der Waals surface area (Å²) in [6, 6.07) is 10.1. The lowest BCUT2D eigenvalue weighted by Crippen LogP contribution is -2.05. The smallest absolute Gasteiger partial charge is 0.339 e. The lowest BCUT2D eigenvalue weighted by Gasteiger charge is -2.09. The highest BCUT2D eigenvalue weighted by atomic mass is 35.5. The average molecular weight is 410 g/mol. The number of methoxy groups -OCH3 is 1. The molecule has 2 aromatic carbocycles. The largest absolute Gasteiger partial charge is 0.465 e. The van der Waals surface area contributed by atoms with Gasteiger partial charge < -0.3 is 9.72 Å². The van der Waals surface area contributed by atoms with E-state index in [1.54, 1.807) is 0 Å². The van der Waals surface area contributed by atoms with Crippen LogP contribution in [0.2, 0.25) is 10.0 Å². The number of hydrogen-bond acceptors (Lipinski definition) is 6. The molecule has 0 amide bonds. The number of nitrogens with zero attached hydrogens (tertiary/aromatic N) is 4. The van der Waals surface area contributed by atoms with E-state index >= 15 is 0 Å². The summed E-state index contributed by atoms with van der Waals surface area (Å²) < 4.78 is 4.70. The predicted octanol–water partition coefficient (Wildman–Crippen LogP) is 3.86. The molecule has 0 aliphatic carbocycles. The number of fused-ring (bicyclic) bond motifs is 1. The molecule has 0 bridgehead atoms. The van der Waals surface area contributed by atoms with E-state index in [1.165, 1.54) is 25.3 Å². The van der Waals surface area contributed by atoms with Gasteiger partial charge in [-0.05, 0) is 23.8 Å². The Bertz CT molecular complexity index is 1260. The first-order chi connectivity index (χ1) is 13.4. The lowest BCUT2D eigenvalue weighted by molar-refractivity contribution is 0.0601. The minimum absolute atomic E-state index is 0.0135. The third-order valence-electron chi connectivity index (χ3n) is 4.11. The molecule has 1 aromatic heterocycles. The number of esters is 1. The van der Waals surface area contributed by atoms with Gasteiger partial charge in [0, 0.05) is 11.4 Å². The number of H-pyrrole nitrogens is 1. The second-order valence-electron chi connectivity index (χ2n) is 5.65. The van der Waals surface area contributed by atoms with Crippen LogP contribution in [0.4, 0.5) is 0 Å². The lowest BCUT2D eigenvalue weighted by atomic mass is 10.0. The molecule has 0 radical (unpaired) electrons. The Balaban J connectivity index is 2.15. The van der Waals surface area contributed by atoms with Gasteiger partial charge in [0.25, 0.3) is 0 Å². The molecule has 1 N–H and O–H groups in total. The molecule has 0 saturated heterocycles. The Morgan fingerprint density at radius 2 is 1.89 bits per heavy atom. The number of aromatic amines is 1. The molecular weight excluding hydrogens is 401 g/mol. The first kappa shape index (κ1) is 19.2. The molecule has 9 heteroatoms. The maximum absolute atomic E-state index is 11.8. The molecule has 28 heavy (non-hydrogen) atoms. The van der Waals surface area contributed by atoms with Crippen molar-refractivity contribution in [2.24, 2.45) is 0 Å². The molecule has 7 nitrogen and oxygen atoms in total. The topological polar surface area (TPSA) is 126 Å². The highest BCUT2D eigenvalue weighted by Crippen LogP contribution is 2.31. The van der Waals surface area contributed by atoms with Gasteiger partial charge in [0.2, 0.25) is 0 Å². The van der Waals surface area contributed by atoms with Gasteiger partial charge >= 0.3 is 5.97 Å². The van der Waals surface area contributed by atoms with Crippen molar-refractivity contribution in [1.82, 2.24) is 9.97 Å². The van der Waals surface area contributed by atoms with Gasteiger partial charge in [-0.3, -0.25) is 0 Å². The zero-order valence-corrected chi connectivity index (χ0v) is 15.8. The minimum Gasteiger partial charge on any atom is -0.465 e. The van der Waals surface area contributed by atoms with E-state index in [2.05, 4.69) is 9.97 Å². The van der Waals surface area contributed by atoms with Crippen molar-refractivity contribution in [1.29, 1.82) is 15.8 Å². The molecule has 136 valence electrons. The standard InChI is InChI=1S/C19H9Cl2N5O2/c1-28-19(27)10-2-3-14(20)11(17(10)21)5-16-25-15-4-9(6-22)12(7-23)13(8-24)18(15)26-16/h2-4H,5H2,1H3,(H,25,26). The van der Waals surface area contributed by atoms with E-state index in [-0.39, 0.29) is 39.2 Å². The summed E-state index contributed by atoms with van der Waals surface area (Å²) in [5, 5.41) is 28.4. The molecule has 1 heterocycles. The molecular formula is C19H9Cl2N5O2. The summed E-state index contributed by atoms with van der Waals surface area (Å²) in [5.41, 5.74) is 1.37. The molecule has 0 spiro atoms. The molecule has 0 atom stereocenters. The number of carbonyl (C=O) groups excluding carboxylic acids is 1. The zero-order valence-electron chi connectivity index (χ0n) is 14.3. The van der Waals surface area contributed by atoms with Gasteiger partial charge in [-0.15, -0.1) is 0 Å². The number of aromatic nitrogens is 2. The van der Waals surface area contributed by atoms with Crippen LogP contribution in [0.5, 0.6) is 0 Å². The van der Waals surface area contributed by atoms with Gasteiger partial charge in [-0.2, -0.15) is 15.8 Å². The second kappa shape index (κ2) is 7.58. The van der Waals surface area contributed by atoms with Crippen LogP contribution in [-0.2, 0) is 11.2 Å². The number of imidazole rings is 1. The maximum Gasteiger partial charge on any atom is 0.339 e. The zero-order chi connectivity index (χ0) is 20.4. The van der Waals surface area contributed by atoms with Crippen molar-refractivity contribution >= 4 is 40.2 Å². The van der Waals surface area contributed by atoms with Crippen molar-refractivity contribution in [2.45, 2.75) is 6.42 Å². The third-order valence-corrected chi connectivity index (χ3v) is 4.89. The summed E-state index contributed by atoms with van der Waals surface area (Å²) in [6.07, 6.45) is 0.131. The van der Waals surface area contributed by atoms with Gasteiger partial charge in [-0.1, -0.05) is 23.2 Å². The van der Waals surface area contributed by atoms with Crippen molar-refractivity contribution in [3.05, 3.63) is 61.9 Å². The SMILES string of the molecule is COC(=O)c1ccc(Cl)c(Cc2nc3c(C#N)c(C#N)c(C#N)cc3[nH]2)c1Cl. The fourth-order valence-corrected chi connectivity index (χ4v) is 3.38. The summed E-state index contributed by atoms with van der Waals surface area (Å²) in [6.45, 7) is 0. The Morgan fingerprint density at radius 1 is 1.18 bits per heavy atom. The summed E-state index contributed by atoms with van der Waals surface area (Å²) in [7, 11) is 1.25. The van der Waals surface area contributed by atoms with E-state index in [9.17, 15) is 20.6 Å². The number of nitrogens with one attached hydrogen (secondary N) is 1. The maximum atomic E-state index is 11.8. The van der Waals surface area contributed by atoms with Gasteiger partial charge in [0.15, 0.2) is 0 Å².